The third-order valence-electron chi connectivity index (χ3n) is 3.37. The predicted molar refractivity (Wildman–Crippen MR) is 83.3 cm³/mol. The SMILES string of the molecule is COc1ccc(NC(=O)CCC(=O)N2CCOCC2)cc1Cl. The van der Waals surface area contributed by atoms with Crippen molar-refractivity contribution in [1.82, 2.24) is 4.90 Å². The molecule has 1 fully saturated rings. The van der Waals surface area contributed by atoms with E-state index in [-0.39, 0.29) is 24.7 Å². The van der Waals surface area contributed by atoms with Crippen molar-refractivity contribution in [3.63, 3.8) is 0 Å². The third-order valence-corrected chi connectivity index (χ3v) is 3.66. The van der Waals surface area contributed by atoms with Crippen LogP contribution < -0.4 is 10.1 Å². The summed E-state index contributed by atoms with van der Waals surface area (Å²) in [6.45, 7) is 2.30. The molecule has 2 amide bonds. The van der Waals surface area contributed by atoms with Gasteiger partial charge in [-0.3, -0.25) is 9.59 Å². The molecule has 0 atom stereocenters. The second-order valence-corrected chi connectivity index (χ2v) is 5.30. The molecule has 1 aliphatic heterocycles. The number of rotatable bonds is 5. The molecule has 0 saturated carbocycles. The molecule has 120 valence electrons. The molecule has 1 N–H and O–H groups in total. The zero-order valence-electron chi connectivity index (χ0n) is 12.4. The van der Waals surface area contributed by atoms with Crippen LogP contribution in [0.1, 0.15) is 12.8 Å². The lowest BCUT2D eigenvalue weighted by molar-refractivity contribution is -0.136. The molecule has 2 rings (SSSR count). The molecule has 0 unspecified atom stereocenters. The number of nitrogens with one attached hydrogen (secondary N) is 1. The lowest BCUT2D eigenvalue weighted by atomic mass is 10.2. The number of halogens is 1. The molecule has 0 spiro atoms. The van der Waals surface area contributed by atoms with E-state index in [4.69, 9.17) is 21.1 Å². The van der Waals surface area contributed by atoms with Crippen molar-refractivity contribution in [2.45, 2.75) is 12.8 Å². The fourth-order valence-corrected chi connectivity index (χ4v) is 2.42. The van der Waals surface area contributed by atoms with Gasteiger partial charge in [-0.15, -0.1) is 0 Å². The lowest BCUT2D eigenvalue weighted by Crippen LogP contribution is -2.40. The average molecular weight is 327 g/mol. The van der Waals surface area contributed by atoms with E-state index >= 15 is 0 Å². The number of morpholine rings is 1. The van der Waals surface area contributed by atoms with Gasteiger partial charge in [0.25, 0.3) is 0 Å². The molecular formula is C15H19ClN2O4. The summed E-state index contributed by atoms with van der Waals surface area (Å²) in [5, 5.41) is 3.14. The van der Waals surface area contributed by atoms with Crippen LogP contribution in [0.15, 0.2) is 18.2 Å². The van der Waals surface area contributed by atoms with Crippen LogP contribution >= 0.6 is 11.6 Å². The number of hydrogen-bond acceptors (Lipinski definition) is 4. The quantitative estimate of drug-likeness (QED) is 0.897. The van der Waals surface area contributed by atoms with Crippen LogP contribution in [0.5, 0.6) is 5.75 Å². The van der Waals surface area contributed by atoms with Crippen molar-refractivity contribution >= 4 is 29.1 Å². The maximum Gasteiger partial charge on any atom is 0.224 e. The Balaban J connectivity index is 1.80. The third kappa shape index (κ3) is 4.61. The molecular weight excluding hydrogens is 308 g/mol. The largest absolute Gasteiger partial charge is 0.495 e. The van der Waals surface area contributed by atoms with Crippen LogP contribution in [-0.4, -0.2) is 50.1 Å². The van der Waals surface area contributed by atoms with Gasteiger partial charge in [-0.1, -0.05) is 11.6 Å². The molecule has 1 saturated heterocycles. The van der Waals surface area contributed by atoms with Gasteiger partial charge in [0.15, 0.2) is 0 Å². The van der Waals surface area contributed by atoms with Gasteiger partial charge in [0, 0.05) is 31.6 Å². The summed E-state index contributed by atoms with van der Waals surface area (Å²) in [5.74, 6) is 0.302. The molecule has 0 aromatic heterocycles. The van der Waals surface area contributed by atoms with Crippen LogP contribution in [0.2, 0.25) is 5.02 Å². The number of amides is 2. The summed E-state index contributed by atoms with van der Waals surface area (Å²) in [7, 11) is 1.52. The van der Waals surface area contributed by atoms with Gasteiger partial charge in [-0.05, 0) is 18.2 Å². The summed E-state index contributed by atoms with van der Waals surface area (Å²) in [6, 6.07) is 4.99. The first kappa shape index (κ1) is 16.6. The number of benzene rings is 1. The van der Waals surface area contributed by atoms with Crippen LogP contribution in [0.3, 0.4) is 0 Å². The number of ether oxygens (including phenoxy) is 2. The zero-order valence-corrected chi connectivity index (χ0v) is 13.2. The van der Waals surface area contributed by atoms with E-state index in [1.807, 2.05) is 0 Å². The molecule has 1 heterocycles. The summed E-state index contributed by atoms with van der Waals surface area (Å²) in [5.41, 5.74) is 0.578. The van der Waals surface area contributed by atoms with E-state index in [0.717, 1.165) is 0 Å². The van der Waals surface area contributed by atoms with Crippen LogP contribution in [-0.2, 0) is 14.3 Å². The number of nitrogens with zero attached hydrogens (tertiary/aromatic N) is 1. The second-order valence-electron chi connectivity index (χ2n) is 4.89. The minimum absolute atomic E-state index is 0.0220. The van der Waals surface area contributed by atoms with E-state index in [1.54, 1.807) is 23.1 Å². The van der Waals surface area contributed by atoms with E-state index in [0.29, 0.717) is 42.8 Å². The minimum Gasteiger partial charge on any atom is -0.495 e. The highest BCUT2D eigenvalue weighted by atomic mass is 35.5. The zero-order chi connectivity index (χ0) is 15.9. The maximum atomic E-state index is 11.9. The van der Waals surface area contributed by atoms with Crippen molar-refractivity contribution in [1.29, 1.82) is 0 Å². The van der Waals surface area contributed by atoms with Crippen molar-refractivity contribution < 1.29 is 19.1 Å². The summed E-state index contributed by atoms with van der Waals surface area (Å²) in [4.78, 5) is 25.6. The Kier molecular flexibility index (Phi) is 6.03. The van der Waals surface area contributed by atoms with Crippen LogP contribution in [0.25, 0.3) is 0 Å². The number of carbonyl (C=O) groups is 2. The van der Waals surface area contributed by atoms with Crippen molar-refractivity contribution in [3.8, 4) is 5.75 Å². The van der Waals surface area contributed by atoms with Gasteiger partial charge in [0.05, 0.1) is 25.3 Å². The monoisotopic (exact) mass is 326 g/mol. The smallest absolute Gasteiger partial charge is 0.224 e. The Bertz CT molecular complexity index is 544. The van der Waals surface area contributed by atoms with Gasteiger partial charge in [0.2, 0.25) is 11.8 Å². The molecule has 1 aromatic rings. The Morgan fingerprint density at radius 3 is 2.68 bits per heavy atom. The predicted octanol–water partition coefficient (Wildman–Crippen LogP) is 1.93. The first-order valence-corrected chi connectivity index (χ1v) is 7.47. The van der Waals surface area contributed by atoms with E-state index < -0.39 is 0 Å². The van der Waals surface area contributed by atoms with Gasteiger partial charge >= 0.3 is 0 Å². The summed E-state index contributed by atoms with van der Waals surface area (Å²) < 4.78 is 10.2. The van der Waals surface area contributed by atoms with E-state index in [9.17, 15) is 9.59 Å². The molecule has 22 heavy (non-hydrogen) atoms. The highest BCUT2D eigenvalue weighted by molar-refractivity contribution is 6.32. The Morgan fingerprint density at radius 2 is 2.05 bits per heavy atom. The van der Waals surface area contributed by atoms with Crippen LogP contribution in [0.4, 0.5) is 5.69 Å². The summed E-state index contributed by atoms with van der Waals surface area (Å²) in [6.07, 6.45) is 0.329. The van der Waals surface area contributed by atoms with Crippen LogP contribution in [0, 0.1) is 0 Å². The maximum absolute atomic E-state index is 11.9. The average Bonchev–Trinajstić information content (AvgIpc) is 2.53. The molecule has 0 bridgehead atoms. The molecule has 0 radical (unpaired) electrons. The van der Waals surface area contributed by atoms with Gasteiger partial charge in [-0.2, -0.15) is 0 Å². The highest BCUT2D eigenvalue weighted by Crippen LogP contribution is 2.27. The standard InChI is InChI=1S/C15H19ClN2O4/c1-21-13-3-2-11(10-12(13)16)17-14(19)4-5-15(20)18-6-8-22-9-7-18/h2-3,10H,4-9H2,1H3,(H,17,19). The normalized spacial score (nSPS) is 14.5. The Labute approximate surface area is 134 Å². The molecule has 6 nitrogen and oxygen atoms in total. The molecule has 1 aliphatic rings. The van der Waals surface area contributed by atoms with Crippen molar-refractivity contribution in [2.75, 3.05) is 38.7 Å². The second kappa shape index (κ2) is 8.00. The van der Waals surface area contributed by atoms with Gasteiger partial charge < -0.3 is 19.7 Å². The first-order valence-electron chi connectivity index (χ1n) is 7.09. The Morgan fingerprint density at radius 1 is 1.32 bits per heavy atom. The highest BCUT2D eigenvalue weighted by Gasteiger charge is 2.17. The number of hydrogen-bond donors (Lipinski definition) is 1. The van der Waals surface area contributed by atoms with Gasteiger partial charge in [0.1, 0.15) is 5.75 Å². The first-order chi connectivity index (χ1) is 10.6. The Hall–Kier alpha value is -1.79. The number of carbonyl (C=O) groups excluding carboxylic acids is 2. The summed E-state index contributed by atoms with van der Waals surface area (Å²) >= 11 is 5.99. The molecule has 0 aliphatic carbocycles. The fourth-order valence-electron chi connectivity index (χ4n) is 2.16. The van der Waals surface area contributed by atoms with E-state index in [2.05, 4.69) is 5.32 Å². The van der Waals surface area contributed by atoms with E-state index in [1.165, 1.54) is 7.11 Å². The fraction of sp³-hybridized carbons (Fsp3) is 0.467. The molecule has 7 heteroatoms. The number of anilines is 1. The van der Waals surface area contributed by atoms with Gasteiger partial charge in [-0.25, -0.2) is 0 Å². The molecule has 1 aromatic carbocycles. The lowest BCUT2D eigenvalue weighted by Gasteiger charge is -2.26. The van der Waals surface area contributed by atoms with Crippen molar-refractivity contribution in [2.24, 2.45) is 0 Å². The van der Waals surface area contributed by atoms with Crippen molar-refractivity contribution in [3.05, 3.63) is 23.2 Å². The minimum atomic E-state index is -0.220. The number of methoxy groups -OCH3 is 1. The topological polar surface area (TPSA) is 67.9 Å².